The molecule has 0 bridgehead atoms. The maximum atomic E-state index is 12.6. The number of amides is 2. The van der Waals surface area contributed by atoms with Gasteiger partial charge in [-0.15, -0.1) is 0 Å². The summed E-state index contributed by atoms with van der Waals surface area (Å²) in [6, 6.07) is 13.8. The minimum atomic E-state index is -0.0443. The molecule has 1 aromatic heterocycles. The van der Waals surface area contributed by atoms with Gasteiger partial charge in [-0.25, -0.2) is 9.78 Å². The first-order valence-electron chi connectivity index (χ1n) is 10.5. The summed E-state index contributed by atoms with van der Waals surface area (Å²) >= 11 is 0. The minimum absolute atomic E-state index is 0.0443. The lowest BCUT2D eigenvalue weighted by Crippen LogP contribution is -2.51. The molecule has 0 saturated carbocycles. The topological polar surface area (TPSA) is 71.9 Å². The van der Waals surface area contributed by atoms with Crippen LogP contribution < -0.4 is 14.8 Å². The Labute approximate surface area is 182 Å². The Morgan fingerprint density at radius 2 is 1.77 bits per heavy atom. The number of methoxy groups -OCH3 is 2. The van der Waals surface area contributed by atoms with Gasteiger partial charge in [0.05, 0.1) is 31.8 Å². The van der Waals surface area contributed by atoms with Gasteiger partial charge in [-0.3, -0.25) is 4.90 Å². The second-order valence-corrected chi connectivity index (χ2v) is 7.69. The highest BCUT2D eigenvalue weighted by Gasteiger charge is 2.22. The van der Waals surface area contributed by atoms with Crippen molar-refractivity contribution in [3.63, 3.8) is 0 Å². The summed E-state index contributed by atoms with van der Waals surface area (Å²) < 4.78 is 12.7. The van der Waals surface area contributed by atoms with Crippen LogP contribution in [0.3, 0.4) is 0 Å². The second kappa shape index (κ2) is 9.26. The predicted octanol–water partition coefficient (Wildman–Crippen LogP) is 2.62. The fraction of sp³-hybridized carbons (Fsp3) is 0.391. The van der Waals surface area contributed by atoms with Crippen LogP contribution in [0.2, 0.25) is 0 Å². The Morgan fingerprint density at radius 1 is 1.03 bits per heavy atom. The largest absolute Gasteiger partial charge is 0.493 e. The Bertz CT molecular complexity index is 1060. The zero-order valence-corrected chi connectivity index (χ0v) is 18.3. The number of imidazole rings is 1. The standard InChI is InChI=1S/C23H29N5O3/c1-26-19-7-5-4-6-18(19)25-22(26)16-27-10-12-28(13-11-27)23(29)24-15-17-8-9-20(30-2)21(14-17)31-3/h4-9,14H,10-13,15-16H2,1-3H3,(H,24,29). The molecule has 1 fully saturated rings. The van der Waals surface area contributed by atoms with E-state index >= 15 is 0 Å². The number of aryl methyl sites for hydroxylation is 1. The summed E-state index contributed by atoms with van der Waals surface area (Å²) in [6.45, 7) is 4.27. The van der Waals surface area contributed by atoms with Crippen molar-refractivity contribution in [3.05, 3.63) is 53.9 Å². The maximum Gasteiger partial charge on any atom is 0.317 e. The molecule has 8 nitrogen and oxygen atoms in total. The van der Waals surface area contributed by atoms with E-state index < -0.39 is 0 Å². The number of hydrogen-bond acceptors (Lipinski definition) is 5. The molecule has 2 amide bonds. The van der Waals surface area contributed by atoms with Crippen molar-refractivity contribution in [3.8, 4) is 11.5 Å². The highest BCUT2D eigenvalue weighted by Crippen LogP contribution is 2.27. The molecule has 8 heteroatoms. The van der Waals surface area contributed by atoms with Crippen LogP contribution in [0.25, 0.3) is 11.0 Å². The van der Waals surface area contributed by atoms with E-state index in [1.807, 2.05) is 41.3 Å². The first-order valence-corrected chi connectivity index (χ1v) is 10.5. The zero-order valence-electron chi connectivity index (χ0n) is 18.3. The summed E-state index contributed by atoms with van der Waals surface area (Å²) in [4.78, 5) is 21.6. The van der Waals surface area contributed by atoms with Gasteiger partial charge in [0.1, 0.15) is 5.82 Å². The van der Waals surface area contributed by atoms with Crippen LogP contribution in [0.5, 0.6) is 11.5 Å². The van der Waals surface area contributed by atoms with Gasteiger partial charge in [0.2, 0.25) is 0 Å². The number of benzene rings is 2. The van der Waals surface area contributed by atoms with E-state index in [4.69, 9.17) is 14.5 Å². The van der Waals surface area contributed by atoms with E-state index in [-0.39, 0.29) is 6.03 Å². The summed E-state index contributed by atoms with van der Waals surface area (Å²) in [6.07, 6.45) is 0. The van der Waals surface area contributed by atoms with Gasteiger partial charge >= 0.3 is 6.03 Å². The van der Waals surface area contributed by atoms with Gasteiger partial charge in [0, 0.05) is 39.8 Å². The number of hydrogen-bond donors (Lipinski definition) is 1. The first-order chi connectivity index (χ1) is 15.1. The number of para-hydroxylation sites is 2. The van der Waals surface area contributed by atoms with Crippen molar-refractivity contribution < 1.29 is 14.3 Å². The molecule has 4 rings (SSSR count). The summed E-state index contributed by atoms with van der Waals surface area (Å²) in [5.74, 6) is 2.38. The van der Waals surface area contributed by atoms with Gasteiger partial charge in [0.15, 0.2) is 11.5 Å². The molecule has 0 spiro atoms. The van der Waals surface area contributed by atoms with Crippen molar-refractivity contribution in [2.45, 2.75) is 13.1 Å². The molecule has 1 saturated heterocycles. The molecule has 2 aromatic carbocycles. The molecular formula is C23H29N5O3. The van der Waals surface area contributed by atoms with Gasteiger partial charge in [0.25, 0.3) is 0 Å². The van der Waals surface area contributed by atoms with Crippen LogP contribution in [0, 0.1) is 0 Å². The number of nitrogens with zero attached hydrogens (tertiary/aromatic N) is 4. The molecule has 1 aliphatic heterocycles. The summed E-state index contributed by atoms with van der Waals surface area (Å²) in [5, 5.41) is 3.00. The second-order valence-electron chi connectivity index (χ2n) is 7.69. The van der Waals surface area contributed by atoms with Crippen LogP contribution in [0.4, 0.5) is 4.79 Å². The Balaban J connectivity index is 1.28. The molecule has 31 heavy (non-hydrogen) atoms. The SMILES string of the molecule is COc1ccc(CNC(=O)N2CCN(Cc3nc4ccccc4n3C)CC2)cc1OC. The van der Waals surface area contributed by atoms with Gasteiger partial charge in [-0.2, -0.15) is 0 Å². The number of carbonyl (C=O) groups is 1. The van der Waals surface area contributed by atoms with Gasteiger partial charge in [-0.05, 0) is 29.8 Å². The van der Waals surface area contributed by atoms with E-state index in [0.29, 0.717) is 31.1 Å². The Hall–Kier alpha value is -3.26. The van der Waals surface area contributed by atoms with Gasteiger partial charge in [-0.1, -0.05) is 18.2 Å². The molecule has 0 unspecified atom stereocenters. The van der Waals surface area contributed by atoms with Crippen molar-refractivity contribution >= 4 is 17.1 Å². The first kappa shape index (κ1) is 21.0. The quantitative estimate of drug-likeness (QED) is 0.660. The molecule has 164 valence electrons. The summed E-state index contributed by atoms with van der Waals surface area (Å²) in [5.41, 5.74) is 3.13. The molecular weight excluding hydrogens is 394 g/mol. The lowest BCUT2D eigenvalue weighted by molar-refractivity contribution is 0.133. The van der Waals surface area contributed by atoms with Crippen LogP contribution in [0.1, 0.15) is 11.4 Å². The van der Waals surface area contributed by atoms with Crippen molar-refractivity contribution in [1.82, 2.24) is 24.7 Å². The highest BCUT2D eigenvalue weighted by molar-refractivity contribution is 5.76. The fourth-order valence-corrected chi connectivity index (χ4v) is 3.93. The molecule has 3 aromatic rings. The minimum Gasteiger partial charge on any atom is -0.493 e. The molecule has 1 N–H and O–H groups in total. The Morgan fingerprint density at radius 3 is 2.48 bits per heavy atom. The van der Waals surface area contributed by atoms with Crippen molar-refractivity contribution in [2.75, 3.05) is 40.4 Å². The van der Waals surface area contributed by atoms with Crippen molar-refractivity contribution in [2.24, 2.45) is 7.05 Å². The monoisotopic (exact) mass is 423 g/mol. The number of ether oxygens (including phenoxy) is 2. The third kappa shape index (κ3) is 4.59. The van der Waals surface area contributed by atoms with Crippen LogP contribution >= 0.6 is 0 Å². The third-order valence-corrected chi connectivity index (χ3v) is 5.80. The summed E-state index contributed by atoms with van der Waals surface area (Å²) in [7, 11) is 5.27. The lowest BCUT2D eigenvalue weighted by atomic mass is 10.2. The van der Waals surface area contributed by atoms with Crippen LogP contribution in [-0.4, -0.2) is 65.8 Å². The number of piperazine rings is 1. The fourth-order valence-electron chi connectivity index (χ4n) is 3.93. The van der Waals surface area contributed by atoms with E-state index in [9.17, 15) is 4.79 Å². The van der Waals surface area contributed by atoms with Crippen molar-refractivity contribution in [1.29, 1.82) is 0 Å². The van der Waals surface area contributed by atoms with E-state index in [1.165, 1.54) is 0 Å². The molecule has 0 aliphatic carbocycles. The third-order valence-electron chi connectivity index (χ3n) is 5.80. The molecule has 2 heterocycles. The molecule has 1 aliphatic rings. The maximum absolute atomic E-state index is 12.6. The molecule has 0 atom stereocenters. The van der Waals surface area contributed by atoms with E-state index in [1.54, 1.807) is 14.2 Å². The zero-order chi connectivity index (χ0) is 21.8. The number of fused-ring (bicyclic) bond motifs is 1. The number of urea groups is 1. The van der Waals surface area contributed by atoms with Crippen LogP contribution in [0.15, 0.2) is 42.5 Å². The number of nitrogens with one attached hydrogen (secondary N) is 1. The van der Waals surface area contributed by atoms with Crippen LogP contribution in [-0.2, 0) is 20.1 Å². The average molecular weight is 424 g/mol. The normalized spacial score (nSPS) is 14.6. The number of rotatable bonds is 6. The number of carbonyl (C=O) groups excluding carboxylic acids is 1. The average Bonchev–Trinajstić information content (AvgIpc) is 3.13. The van der Waals surface area contributed by atoms with Gasteiger partial charge < -0.3 is 24.3 Å². The molecule has 0 radical (unpaired) electrons. The lowest BCUT2D eigenvalue weighted by Gasteiger charge is -2.34. The predicted molar refractivity (Wildman–Crippen MR) is 119 cm³/mol. The number of aromatic nitrogens is 2. The smallest absolute Gasteiger partial charge is 0.317 e. The Kier molecular flexibility index (Phi) is 6.27. The van der Waals surface area contributed by atoms with E-state index in [0.717, 1.165) is 42.1 Å². The highest BCUT2D eigenvalue weighted by atomic mass is 16.5. The van der Waals surface area contributed by atoms with E-state index in [2.05, 4.69) is 27.9 Å².